The number of amides is 2. The lowest BCUT2D eigenvalue weighted by Gasteiger charge is -2.08. The number of rotatable bonds is 7. The number of nitro groups is 1. The van der Waals surface area contributed by atoms with Crippen LogP contribution in [-0.2, 0) is 14.3 Å². The van der Waals surface area contributed by atoms with Gasteiger partial charge in [0.25, 0.3) is 17.5 Å². The van der Waals surface area contributed by atoms with Crippen molar-refractivity contribution in [1.82, 2.24) is 5.32 Å². The molecule has 0 aromatic heterocycles. The Hall–Kier alpha value is -3.27. The van der Waals surface area contributed by atoms with Crippen LogP contribution in [0.2, 0.25) is 0 Å². The fourth-order valence-corrected chi connectivity index (χ4v) is 2.56. The second-order valence-corrected chi connectivity index (χ2v) is 6.58. The van der Waals surface area contributed by atoms with Gasteiger partial charge in [-0.1, -0.05) is 28.1 Å². The minimum absolute atomic E-state index is 0.134. The van der Waals surface area contributed by atoms with E-state index < -0.39 is 35.9 Å². The molecule has 0 bridgehead atoms. The molecule has 146 valence electrons. The number of benzene rings is 2. The van der Waals surface area contributed by atoms with E-state index in [4.69, 9.17) is 4.74 Å². The summed E-state index contributed by atoms with van der Waals surface area (Å²) in [4.78, 5) is 45.8. The first kappa shape index (κ1) is 21.0. The molecule has 28 heavy (non-hydrogen) atoms. The summed E-state index contributed by atoms with van der Waals surface area (Å²) >= 11 is 3.24. The predicted molar refractivity (Wildman–Crippen MR) is 104 cm³/mol. The molecule has 0 heterocycles. The van der Waals surface area contributed by atoms with E-state index in [0.29, 0.717) is 11.1 Å². The van der Waals surface area contributed by atoms with Gasteiger partial charge in [-0.25, -0.2) is 0 Å². The quantitative estimate of drug-likeness (QED) is 0.379. The lowest BCUT2D eigenvalue weighted by molar-refractivity contribution is -0.385. The Bertz CT molecular complexity index is 931. The molecule has 2 amide bonds. The Kier molecular flexibility index (Phi) is 7.21. The van der Waals surface area contributed by atoms with Crippen LogP contribution in [-0.4, -0.2) is 35.9 Å². The third-order valence-corrected chi connectivity index (χ3v) is 4.03. The van der Waals surface area contributed by atoms with Crippen LogP contribution in [0.4, 0.5) is 11.4 Å². The van der Waals surface area contributed by atoms with Crippen LogP contribution >= 0.6 is 15.9 Å². The Balaban J connectivity index is 1.79. The highest BCUT2D eigenvalue weighted by atomic mass is 79.9. The highest BCUT2D eigenvalue weighted by Gasteiger charge is 2.14. The summed E-state index contributed by atoms with van der Waals surface area (Å²) in [5.41, 5.74) is 0.892. The average Bonchev–Trinajstić information content (AvgIpc) is 2.65. The number of hydrogen-bond donors (Lipinski definition) is 2. The lowest BCUT2D eigenvalue weighted by Crippen LogP contribution is -2.32. The molecule has 2 aromatic carbocycles. The lowest BCUT2D eigenvalue weighted by atomic mass is 10.2. The maximum absolute atomic E-state index is 11.9. The van der Waals surface area contributed by atoms with Crippen LogP contribution in [0.5, 0.6) is 0 Å². The van der Waals surface area contributed by atoms with E-state index >= 15 is 0 Å². The molecule has 0 saturated carbocycles. The number of hydrogen-bond acceptors (Lipinski definition) is 6. The maximum atomic E-state index is 11.9. The molecule has 0 saturated heterocycles. The summed E-state index contributed by atoms with van der Waals surface area (Å²) in [7, 11) is 0. The van der Waals surface area contributed by atoms with Gasteiger partial charge < -0.3 is 15.4 Å². The molecule has 0 spiro atoms. The Labute approximate surface area is 168 Å². The number of anilines is 1. The molecule has 0 radical (unpaired) electrons. The van der Waals surface area contributed by atoms with Crippen molar-refractivity contribution in [2.24, 2.45) is 0 Å². The molecule has 0 unspecified atom stereocenters. The first-order chi connectivity index (χ1) is 13.3. The van der Waals surface area contributed by atoms with Crippen molar-refractivity contribution in [2.45, 2.75) is 6.92 Å². The minimum atomic E-state index is -0.798. The van der Waals surface area contributed by atoms with Gasteiger partial charge in [0, 0.05) is 27.4 Å². The first-order valence-electron chi connectivity index (χ1n) is 8.00. The van der Waals surface area contributed by atoms with E-state index in [-0.39, 0.29) is 11.4 Å². The molecule has 0 aliphatic rings. The van der Waals surface area contributed by atoms with Gasteiger partial charge >= 0.3 is 5.97 Å². The minimum Gasteiger partial charge on any atom is -0.454 e. The highest BCUT2D eigenvalue weighted by Crippen LogP contribution is 2.22. The van der Waals surface area contributed by atoms with Crippen LogP contribution in [0.15, 0.2) is 46.9 Å². The molecule has 2 N–H and O–H groups in total. The van der Waals surface area contributed by atoms with E-state index in [2.05, 4.69) is 26.6 Å². The van der Waals surface area contributed by atoms with Gasteiger partial charge in [0.05, 0.1) is 4.92 Å². The fourth-order valence-electron chi connectivity index (χ4n) is 2.16. The molecule has 9 nitrogen and oxygen atoms in total. The van der Waals surface area contributed by atoms with Crippen molar-refractivity contribution in [3.05, 3.63) is 68.2 Å². The zero-order chi connectivity index (χ0) is 20.7. The van der Waals surface area contributed by atoms with Crippen LogP contribution in [0.25, 0.3) is 0 Å². The van der Waals surface area contributed by atoms with Crippen molar-refractivity contribution < 1.29 is 24.0 Å². The Morgan fingerprint density at radius 1 is 1.18 bits per heavy atom. The van der Waals surface area contributed by atoms with Crippen LogP contribution < -0.4 is 10.6 Å². The van der Waals surface area contributed by atoms with Crippen molar-refractivity contribution >= 4 is 45.1 Å². The number of carbonyl (C=O) groups excluding carboxylic acids is 3. The SMILES string of the molecule is Cc1ccc(NC(=O)COC(=O)CNC(=O)c2cccc(Br)c2)cc1[N+](=O)[O-]. The number of nitro benzene ring substituents is 1. The summed E-state index contributed by atoms with van der Waals surface area (Å²) < 4.78 is 5.50. The zero-order valence-electron chi connectivity index (χ0n) is 14.7. The Morgan fingerprint density at radius 3 is 2.61 bits per heavy atom. The van der Waals surface area contributed by atoms with Gasteiger partial charge in [0.15, 0.2) is 6.61 Å². The van der Waals surface area contributed by atoms with Gasteiger partial charge in [-0.2, -0.15) is 0 Å². The van der Waals surface area contributed by atoms with E-state index in [9.17, 15) is 24.5 Å². The summed E-state index contributed by atoms with van der Waals surface area (Å²) in [5.74, 6) is -1.92. The van der Waals surface area contributed by atoms with Crippen molar-refractivity contribution in [1.29, 1.82) is 0 Å². The van der Waals surface area contributed by atoms with Gasteiger partial charge in [-0.05, 0) is 31.2 Å². The third-order valence-electron chi connectivity index (χ3n) is 3.53. The molecule has 2 aromatic rings. The third kappa shape index (κ3) is 6.16. The summed E-state index contributed by atoms with van der Waals surface area (Å²) in [6.45, 7) is 0.579. The topological polar surface area (TPSA) is 128 Å². The highest BCUT2D eigenvalue weighted by molar-refractivity contribution is 9.10. The molecular weight excluding hydrogens is 434 g/mol. The molecular formula is C18H16BrN3O6. The molecule has 2 rings (SSSR count). The maximum Gasteiger partial charge on any atom is 0.325 e. The summed E-state index contributed by atoms with van der Waals surface area (Å²) in [6.07, 6.45) is 0. The number of halogens is 1. The standard InChI is InChI=1S/C18H16BrN3O6/c1-11-5-6-14(8-15(11)22(26)27)21-16(23)10-28-17(24)9-20-18(25)12-3-2-4-13(19)7-12/h2-8H,9-10H2,1H3,(H,20,25)(H,21,23). The van der Waals surface area contributed by atoms with Crippen molar-refractivity contribution in [2.75, 3.05) is 18.5 Å². The number of carbonyl (C=O) groups is 3. The second kappa shape index (κ2) is 9.60. The van der Waals surface area contributed by atoms with E-state index in [1.807, 2.05) is 0 Å². The van der Waals surface area contributed by atoms with Gasteiger partial charge in [0.1, 0.15) is 6.54 Å². The average molecular weight is 450 g/mol. The Morgan fingerprint density at radius 2 is 1.93 bits per heavy atom. The molecule has 0 aliphatic heterocycles. The van der Waals surface area contributed by atoms with Crippen molar-refractivity contribution in [3.8, 4) is 0 Å². The first-order valence-corrected chi connectivity index (χ1v) is 8.80. The second-order valence-electron chi connectivity index (χ2n) is 5.66. The smallest absolute Gasteiger partial charge is 0.325 e. The van der Waals surface area contributed by atoms with Gasteiger partial charge in [0.2, 0.25) is 0 Å². The number of aryl methyl sites for hydroxylation is 1. The van der Waals surface area contributed by atoms with Crippen LogP contribution in [0, 0.1) is 17.0 Å². The monoisotopic (exact) mass is 449 g/mol. The van der Waals surface area contributed by atoms with E-state index in [1.54, 1.807) is 31.2 Å². The van der Waals surface area contributed by atoms with E-state index in [0.717, 1.165) is 4.47 Å². The number of nitrogens with zero attached hydrogens (tertiary/aromatic N) is 1. The molecule has 0 aliphatic carbocycles. The van der Waals surface area contributed by atoms with E-state index in [1.165, 1.54) is 18.2 Å². The zero-order valence-corrected chi connectivity index (χ0v) is 16.3. The largest absolute Gasteiger partial charge is 0.454 e. The van der Waals surface area contributed by atoms with Crippen LogP contribution in [0.1, 0.15) is 15.9 Å². The molecule has 0 atom stereocenters. The predicted octanol–water partition coefficient (Wildman–Crippen LogP) is 2.58. The number of esters is 1. The fraction of sp³-hybridized carbons (Fsp3) is 0.167. The molecule has 10 heteroatoms. The molecule has 0 fully saturated rings. The van der Waals surface area contributed by atoms with Crippen molar-refractivity contribution in [3.63, 3.8) is 0 Å². The summed E-state index contributed by atoms with van der Waals surface area (Å²) in [6, 6.07) is 10.8. The number of ether oxygens (including phenoxy) is 1. The van der Waals surface area contributed by atoms with Gasteiger partial charge in [-0.3, -0.25) is 24.5 Å². The number of nitrogens with one attached hydrogen (secondary N) is 2. The normalized spacial score (nSPS) is 10.1. The van der Waals surface area contributed by atoms with Crippen LogP contribution in [0.3, 0.4) is 0 Å². The van der Waals surface area contributed by atoms with Gasteiger partial charge in [-0.15, -0.1) is 0 Å². The summed E-state index contributed by atoms with van der Waals surface area (Å²) in [5, 5.41) is 15.7.